The molecule has 170 valence electrons. The van der Waals surface area contributed by atoms with Gasteiger partial charge in [-0.25, -0.2) is 4.98 Å². The average molecular weight is 464 g/mol. The molecule has 1 aromatic heterocycles. The number of benzene rings is 1. The molecule has 0 radical (unpaired) electrons. The van der Waals surface area contributed by atoms with Crippen LogP contribution >= 0.6 is 11.8 Å². The fourth-order valence-electron chi connectivity index (χ4n) is 4.03. The molecule has 0 amide bonds. The highest BCUT2D eigenvalue weighted by atomic mass is 32.2. The van der Waals surface area contributed by atoms with Gasteiger partial charge in [-0.3, -0.25) is 4.79 Å². The van der Waals surface area contributed by atoms with Crippen molar-refractivity contribution in [3.63, 3.8) is 0 Å². The molecule has 0 atom stereocenters. The summed E-state index contributed by atoms with van der Waals surface area (Å²) in [6, 6.07) is 9.47. The van der Waals surface area contributed by atoms with Gasteiger partial charge >= 0.3 is 0 Å². The Hall–Kier alpha value is -3.47. The predicted octanol–water partition coefficient (Wildman–Crippen LogP) is 2.39. The maximum absolute atomic E-state index is 13.3. The first-order valence-corrected chi connectivity index (χ1v) is 11.9. The minimum atomic E-state index is -0.119. The zero-order valence-corrected chi connectivity index (χ0v) is 19.4. The SMILES string of the molecule is CN(C)c1nc(N)nc(CSc2nc3nn(-c4ccccc4)c(=O)c-3c3n2CCCCC3)n1. The standard InChI is InChI=1S/C22H25N9OS/c1-29(2)21-25-16(24-20(23)27-21)13-33-22-26-18-17(15-11-7-4-8-12-30(15)22)19(32)31(28-18)14-9-5-3-6-10-14/h3,5-6,9-10H,4,7-8,11-13H2,1-2H3,(H2,23,24,25,27). The molecule has 1 aromatic carbocycles. The number of hydrogen-bond acceptors (Lipinski definition) is 9. The van der Waals surface area contributed by atoms with E-state index in [1.54, 1.807) is 4.90 Å². The third kappa shape index (κ3) is 4.15. The van der Waals surface area contributed by atoms with Crippen LogP contribution in [-0.4, -0.2) is 48.4 Å². The van der Waals surface area contributed by atoms with Gasteiger partial charge in [0.1, 0.15) is 11.4 Å². The molecule has 0 saturated carbocycles. The van der Waals surface area contributed by atoms with Gasteiger partial charge in [0.05, 0.1) is 11.4 Å². The van der Waals surface area contributed by atoms with E-state index in [1.807, 2.05) is 44.4 Å². The molecule has 11 heteroatoms. The summed E-state index contributed by atoms with van der Waals surface area (Å²) in [5.74, 6) is 2.25. The van der Waals surface area contributed by atoms with Gasteiger partial charge in [0, 0.05) is 26.3 Å². The van der Waals surface area contributed by atoms with Crippen molar-refractivity contribution in [1.82, 2.24) is 34.3 Å². The molecule has 3 aliphatic rings. The van der Waals surface area contributed by atoms with Crippen LogP contribution in [0.4, 0.5) is 11.9 Å². The summed E-state index contributed by atoms with van der Waals surface area (Å²) in [6.45, 7) is 0.818. The van der Waals surface area contributed by atoms with Crippen molar-refractivity contribution in [3.05, 3.63) is 52.2 Å². The van der Waals surface area contributed by atoms with E-state index >= 15 is 0 Å². The van der Waals surface area contributed by atoms with Crippen LogP contribution in [0.5, 0.6) is 0 Å². The molecule has 4 heterocycles. The average Bonchev–Trinajstić information content (AvgIpc) is 2.97. The molecule has 2 N–H and O–H groups in total. The molecule has 33 heavy (non-hydrogen) atoms. The summed E-state index contributed by atoms with van der Waals surface area (Å²) in [5, 5.41) is 5.39. The molecule has 0 unspecified atom stereocenters. The van der Waals surface area contributed by atoms with Crippen LogP contribution in [0.3, 0.4) is 0 Å². The molecule has 0 spiro atoms. The van der Waals surface area contributed by atoms with Crippen molar-refractivity contribution in [3.8, 4) is 17.1 Å². The number of nitrogens with zero attached hydrogens (tertiary/aromatic N) is 8. The molecule has 5 rings (SSSR count). The number of fused-ring (bicyclic) bond motifs is 3. The van der Waals surface area contributed by atoms with Crippen LogP contribution in [0.25, 0.3) is 17.1 Å². The van der Waals surface area contributed by atoms with Crippen LogP contribution in [-0.2, 0) is 18.7 Å². The molecule has 0 fully saturated rings. The Labute approximate surface area is 195 Å². The summed E-state index contributed by atoms with van der Waals surface area (Å²) < 4.78 is 3.63. The number of anilines is 2. The summed E-state index contributed by atoms with van der Waals surface area (Å²) in [7, 11) is 3.72. The van der Waals surface area contributed by atoms with E-state index in [-0.39, 0.29) is 11.5 Å². The lowest BCUT2D eigenvalue weighted by molar-refractivity contribution is 0.571. The first-order chi connectivity index (χ1) is 16.0. The van der Waals surface area contributed by atoms with E-state index in [0.29, 0.717) is 28.9 Å². The van der Waals surface area contributed by atoms with Gasteiger partial charge in [-0.1, -0.05) is 36.4 Å². The monoisotopic (exact) mass is 463 g/mol. The van der Waals surface area contributed by atoms with Crippen molar-refractivity contribution in [2.24, 2.45) is 0 Å². The number of hydrogen-bond donors (Lipinski definition) is 1. The lowest BCUT2D eigenvalue weighted by Gasteiger charge is -2.17. The molecule has 0 saturated heterocycles. The van der Waals surface area contributed by atoms with Gasteiger partial charge in [-0.2, -0.15) is 19.6 Å². The minimum absolute atomic E-state index is 0.119. The molecule has 0 bridgehead atoms. The second kappa shape index (κ2) is 8.81. The van der Waals surface area contributed by atoms with E-state index in [2.05, 4.69) is 24.6 Å². The zero-order valence-electron chi connectivity index (χ0n) is 18.6. The van der Waals surface area contributed by atoms with Crippen molar-refractivity contribution >= 4 is 23.7 Å². The third-order valence-corrected chi connectivity index (χ3v) is 6.56. The molecule has 10 nitrogen and oxygen atoms in total. The smallest absolute Gasteiger partial charge is 0.284 e. The van der Waals surface area contributed by atoms with Gasteiger partial charge in [-0.05, 0) is 31.4 Å². The fraction of sp³-hybridized carbons (Fsp3) is 0.364. The summed E-state index contributed by atoms with van der Waals surface area (Å²) in [5.41, 5.74) is 8.12. The van der Waals surface area contributed by atoms with Crippen molar-refractivity contribution in [2.45, 2.75) is 43.1 Å². The van der Waals surface area contributed by atoms with Gasteiger partial charge in [0.2, 0.25) is 11.9 Å². The highest BCUT2D eigenvalue weighted by Crippen LogP contribution is 2.31. The third-order valence-electron chi connectivity index (χ3n) is 5.59. The largest absolute Gasteiger partial charge is 0.368 e. The lowest BCUT2D eigenvalue weighted by Crippen LogP contribution is -2.19. The van der Waals surface area contributed by atoms with Gasteiger partial charge < -0.3 is 15.2 Å². The predicted molar refractivity (Wildman–Crippen MR) is 128 cm³/mol. The highest BCUT2D eigenvalue weighted by Gasteiger charge is 2.27. The Balaban J connectivity index is 1.57. The van der Waals surface area contributed by atoms with Crippen LogP contribution < -0.4 is 16.2 Å². The summed E-state index contributed by atoms with van der Waals surface area (Å²) in [6.07, 6.45) is 4.02. The van der Waals surface area contributed by atoms with Gasteiger partial charge in [0.25, 0.3) is 5.56 Å². The normalized spacial score (nSPS) is 13.6. The molecule has 0 aliphatic carbocycles. The Morgan fingerprint density at radius 1 is 1.06 bits per heavy atom. The first kappa shape index (κ1) is 21.4. The number of nitrogen functional groups attached to an aromatic ring is 1. The Morgan fingerprint density at radius 3 is 2.67 bits per heavy atom. The Morgan fingerprint density at radius 2 is 1.88 bits per heavy atom. The van der Waals surface area contributed by atoms with Crippen LogP contribution in [0.2, 0.25) is 0 Å². The van der Waals surface area contributed by atoms with Crippen LogP contribution in [0, 0.1) is 0 Å². The quantitative estimate of drug-likeness (QED) is 0.351. The number of nitrogens with two attached hydrogens (primary N) is 1. The Bertz CT molecular complexity index is 1320. The second-order valence-electron chi connectivity index (χ2n) is 8.15. The van der Waals surface area contributed by atoms with Crippen LogP contribution in [0.1, 0.15) is 30.8 Å². The number of aromatic nitrogens is 7. The minimum Gasteiger partial charge on any atom is -0.368 e. The number of rotatable bonds is 5. The maximum Gasteiger partial charge on any atom is 0.284 e. The molecule has 3 aliphatic heterocycles. The topological polar surface area (TPSA) is 121 Å². The zero-order chi connectivity index (χ0) is 22.9. The summed E-state index contributed by atoms with van der Waals surface area (Å²) >= 11 is 1.53. The summed E-state index contributed by atoms with van der Waals surface area (Å²) in [4.78, 5) is 32.9. The Kier molecular flexibility index (Phi) is 5.71. The van der Waals surface area contributed by atoms with E-state index in [4.69, 9.17) is 10.7 Å². The maximum atomic E-state index is 13.3. The van der Waals surface area contributed by atoms with Gasteiger partial charge in [-0.15, -0.1) is 5.10 Å². The molecular weight excluding hydrogens is 438 g/mol. The lowest BCUT2D eigenvalue weighted by atomic mass is 10.1. The van der Waals surface area contributed by atoms with E-state index in [0.717, 1.165) is 48.8 Å². The molecular formula is C22H25N9OS. The fourth-order valence-corrected chi connectivity index (χ4v) is 4.92. The van der Waals surface area contributed by atoms with E-state index in [1.165, 1.54) is 16.4 Å². The van der Waals surface area contributed by atoms with Crippen LogP contribution in [0.15, 0.2) is 40.3 Å². The first-order valence-electron chi connectivity index (χ1n) is 10.9. The van der Waals surface area contributed by atoms with Gasteiger partial charge in [0.15, 0.2) is 11.0 Å². The molecule has 2 aromatic rings. The number of para-hydroxylation sites is 1. The van der Waals surface area contributed by atoms with E-state index in [9.17, 15) is 4.79 Å². The van der Waals surface area contributed by atoms with Crippen molar-refractivity contribution in [1.29, 1.82) is 0 Å². The van der Waals surface area contributed by atoms with Crippen molar-refractivity contribution < 1.29 is 0 Å². The van der Waals surface area contributed by atoms with Crippen molar-refractivity contribution in [2.75, 3.05) is 24.7 Å². The number of thioether (sulfide) groups is 1. The second-order valence-corrected chi connectivity index (χ2v) is 9.09. The van der Waals surface area contributed by atoms with E-state index < -0.39 is 0 Å². The highest BCUT2D eigenvalue weighted by molar-refractivity contribution is 7.98.